The molecule has 122 valence electrons. The van der Waals surface area contributed by atoms with E-state index in [0.29, 0.717) is 28.6 Å². The summed E-state index contributed by atoms with van der Waals surface area (Å²) in [7, 11) is 0. The average Bonchev–Trinajstić information content (AvgIpc) is 2.60. The van der Waals surface area contributed by atoms with E-state index in [1.165, 1.54) is 11.1 Å². The molecule has 0 aliphatic carbocycles. The predicted octanol–water partition coefficient (Wildman–Crippen LogP) is 3.64. The van der Waals surface area contributed by atoms with Gasteiger partial charge in [0.15, 0.2) is 0 Å². The number of nitrogens with one attached hydrogen (secondary N) is 2. The molecule has 3 rings (SSSR count). The molecule has 3 aromatic carbocycles. The molecule has 0 saturated carbocycles. The van der Waals surface area contributed by atoms with Crippen molar-refractivity contribution in [2.45, 2.75) is 13.3 Å². The molecule has 0 spiro atoms. The fraction of sp³-hybridized carbons (Fsp3) is 0.158. The minimum absolute atomic E-state index is 0.311. The van der Waals surface area contributed by atoms with Gasteiger partial charge in [-0.05, 0) is 43.2 Å². The Morgan fingerprint density at radius 2 is 1.50 bits per heavy atom. The Morgan fingerprint density at radius 3 is 2.17 bits per heavy atom. The third-order valence-electron chi connectivity index (χ3n) is 3.86. The first-order valence-electron chi connectivity index (χ1n) is 7.70. The van der Waals surface area contributed by atoms with Crippen LogP contribution in [0.1, 0.15) is 11.1 Å². The second-order valence-corrected chi connectivity index (χ2v) is 6.14. The van der Waals surface area contributed by atoms with Gasteiger partial charge in [-0.15, -0.1) is 0 Å². The molecule has 0 unspecified atom stereocenters. The highest BCUT2D eigenvalue weighted by atomic mass is 35.5. The van der Waals surface area contributed by atoms with Crippen LogP contribution in [0.15, 0.2) is 58.1 Å². The molecule has 0 radical (unpaired) electrons. The van der Waals surface area contributed by atoms with Crippen LogP contribution in [-0.2, 0) is 6.42 Å². The van der Waals surface area contributed by atoms with Crippen LogP contribution in [0.2, 0.25) is 5.02 Å². The fourth-order valence-electron chi connectivity index (χ4n) is 2.44. The van der Waals surface area contributed by atoms with Gasteiger partial charge in [0, 0.05) is 17.3 Å². The van der Waals surface area contributed by atoms with Gasteiger partial charge in [-0.3, -0.25) is 9.59 Å². The van der Waals surface area contributed by atoms with Crippen LogP contribution in [0.4, 0.5) is 17.1 Å². The largest absolute Gasteiger partial charge is 0.380 e. The maximum absolute atomic E-state index is 11.8. The van der Waals surface area contributed by atoms with E-state index in [1.54, 1.807) is 24.3 Å². The van der Waals surface area contributed by atoms with Gasteiger partial charge in [0.25, 0.3) is 10.9 Å². The number of halogens is 1. The number of benzene rings is 2. The lowest BCUT2D eigenvalue weighted by Gasteiger charge is -2.15. The van der Waals surface area contributed by atoms with Crippen molar-refractivity contribution < 1.29 is 0 Å². The van der Waals surface area contributed by atoms with Gasteiger partial charge < -0.3 is 10.6 Å². The van der Waals surface area contributed by atoms with Gasteiger partial charge in [-0.1, -0.05) is 41.4 Å². The Bertz CT molecular complexity index is 908. The van der Waals surface area contributed by atoms with Crippen molar-refractivity contribution in [3.63, 3.8) is 0 Å². The van der Waals surface area contributed by atoms with Crippen LogP contribution in [0.25, 0.3) is 0 Å². The molecule has 3 aromatic rings. The van der Waals surface area contributed by atoms with Crippen molar-refractivity contribution >= 4 is 28.7 Å². The highest BCUT2D eigenvalue weighted by Gasteiger charge is 2.20. The molecule has 4 nitrogen and oxygen atoms in total. The molecule has 24 heavy (non-hydrogen) atoms. The molecule has 0 aliphatic rings. The predicted molar refractivity (Wildman–Crippen MR) is 99.5 cm³/mol. The van der Waals surface area contributed by atoms with Crippen LogP contribution in [0.5, 0.6) is 0 Å². The number of hydrogen-bond acceptors (Lipinski definition) is 4. The Kier molecular flexibility index (Phi) is 4.67. The molecule has 0 aromatic heterocycles. The summed E-state index contributed by atoms with van der Waals surface area (Å²) in [5.74, 6) is 0. The molecule has 0 atom stereocenters. The summed E-state index contributed by atoms with van der Waals surface area (Å²) in [6, 6.07) is 15.2. The zero-order valence-corrected chi connectivity index (χ0v) is 14.0. The Labute approximate surface area is 144 Å². The maximum Gasteiger partial charge on any atom is 0.253 e. The van der Waals surface area contributed by atoms with E-state index >= 15 is 0 Å². The quantitative estimate of drug-likeness (QED) is 0.673. The van der Waals surface area contributed by atoms with Gasteiger partial charge in [0.2, 0.25) is 0 Å². The second-order valence-electron chi connectivity index (χ2n) is 5.70. The molecular formula is C19H17ClN2O2. The Hall–Kier alpha value is -2.59. The topological polar surface area (TPSA) is 58.2 Å². The third kappa shape index (κ3) is 3.49. The highest BCUT2D eigenvalue weighted by Crippen LogP contribution is 2.22. The molecule has 0 bridgehead atoms. The van der Waals surface area contributed by atoms with E-state index in [4.69, 9.17) is 11.6 Å². The first-order chi connectivity index (χ1) is 11.5. The minimum atomic E-state index is -0.497. The first kappa shape index (κ1) is 16.3. The summed E-state index contributed by atoms with van der Waals surface area (Å²) in [6.45, 7) is 2.63. The lowest BCUT2D eigenvalue weighted by atomic mass is 10.1. The van der Waals surface area contributed by atoms with Crippen molar-refractivity contribution in [3.05, 3.63) is 85.1 Å². The summed E-state index contributed by atoms with van der Waals surface area (Å²) in [6.07, 6.45) is 0.777. The maximum atomic E-state index is 11.8. The normalized spacial score (nSPS) is 10.8. The molecular weight excluding hydrogens is 324 g/mol. The van der Waals surface area contributed by atoms with Crippen LogP contribution in [0, 0.1) is 6.92 Å². The number of anilines is 3. The Balaban J connectivity index is 1.65. The van der Waals surface area contributed by atoms with Gasteiger partial charge >= 0.3 is 0 Å². The van der Waals surface area contributed by atoms with E-state index < -0.39 is 10.9 Å². The van der Waals surface area contributed by atoms with Gasteiger partial charge in [-0.2, -0.15) is 0 Å². The van der Waals surface area contributed by atoms with E-state index in [0.717, 1.165) is 6.42 Å². The molecule has 0 aliphatic heterocycles. The van der Waals surface area contributed by atoms with Crippen molar-refractivity contribution in [1.82, 2.24) is 0 Å². The zero-order chi connectivity index (χ0) is 17.1. The number of hydrogen-bond donors (Lipinski definition) is 2. The van der Waals surface area contributed by atoms with Gasteiger partial charge in [0.05, 0.1) is 0 Å². The minimum Gasteiger partial charge on any atom is -0.380 e. The van der Waals surface area contributed by atoms with Gasteiger partial charge in [0.1, 0.15) is 11.4 Å². The molecule has 0 fully saturated rings. The SMILES string of the molecule is Cc1ccc(CCNc2c(Nc3ccc(Cl)cc3)c(=O)c2=O)cc1. The molecule has 0 heterocycles. The lowest BCUT2D eigenvalue weighted by Crippen LogP contribution is -2.37. The lowest BCUT2D eigenvalue weighted by molar-refractivity contribution is 1.01. The second kappa shape index (κ2) is 6.89. The van der Waals surface area contributed by atoms with Crippen LogP contribution in [0.3, 0.4) is 0 Å². The van der Waals surface area contributed by atoms with E-state index in [-0.39, 0.29) is 0 Å². The summed E-state index contributed by atoms with van der Waals surface area (Å²) in [4.78, 5) is 23.6. The summed E-state index contributed by atoms with van der Waals surface area (Å²) in [5.41, 5.74) is 2.79. The summed E-state index contributed by atoms with van der Waals surface area (Å²) < 4.78 is 0. The summed E-state index contributed by atoms with van der Waals surface area (Å²) in [5, 5.41) is 6.66. The van der Waals surface area contributed by atoms with Crippen LogP contribution in [-0.4, -0.2) is 6.54 Å². The van der Waals surface area contributed by atoms with Crippen molar-refractivity contribution in [1.29, 1.82) is 0 Å². The average molecular weight is 341 g/mol. The van der Waals surface area contributed by atoms with E-state index in [1.807, 2.05) is 6.92 Å². The number of aryl methyl sites for hydroxylation is 1. The first-order valence-corrected chi connectivity index (χ1v) is 8.08. The molecule has 0 amide bonds. The highest BCUT2D eigenvalue weighted by molar-refractivity contribution is 6.30. The molecule has 0 saturated heterocycles. The molecule has 2 N–H and O–H groups in total. The molecule has 5 heteroatoms. The smallest absolute Gasteiger partial charge is 0.253 e. The van der Waals surface area contributed by atoms with Crippen molar-refractivity contribution in [2.24, 2.45) is 0 Å². The monoisotopic (exact) mass is 340 g/mol. The summed E-state index contributed by atoms with van der Waals surface area (Å²) >= 11 is 5.84. The Morgan fingerprint density at radius 1 is 0.875 bits per heavy atom. The zero-order valence-electron chi connectivity index (χ0n) is 13.2. The van der Waals surface area contributed by atoms with E-state index in [2.05, 4.69) is 34.9 Å². The van der Waals surface area contributed by atoms with Crippen molar-refractivity contribution in [2.75, 3.05) is 17.2 Å². The van der Waals surface area contributed by atoms with Gasteiger partial charge in [-0.25, -0.2) is 0 Å². The third-order valence-corrected chi connectivity index (χ3v) is 4.11. The van der Waals surface area contributed by atoms with Crippen molar-refractivity contribution in [3.8, 4) is 0 Å². The standard InChI is InChI=1S/C19H17ClN2O2/c1-12-2-4-13(5-3-12)10-11-21-16-17(19(24)18(16)23)22-15-8-6-14(20)7-9-15/h2-9,21-22H,10-11H2,1H3. The van der Waals surface area contributed by atoms with Crippen LogP contribution >= 0.6 is 11.6 Å². The number of rotatable bonds is 6. The van der Waals surface area contributed by atoms with E-state index in [9.17, 15) is 9.59 Å². The van der Waals surface area contributed by atoms with Crippen LogP contribution < -0.4 is 21.5 Å². The fourth-order valence-corrected chi connectivity index (χ4v) is 2.57.